The van der Waals surface area contributed by atoms with Crippen molar-refractivity contribution in [3.05, 3.63) is 0 Å². The molecule has 1 atom stereocenters. The van der Waals surface area contributed by atoms with Crippen LogP contribution in [0.5, 0.6) is 0 Å². The van der Waals surface area contributed by atoms with E-state index in [4.69, 9.17) is 14.2 Å². The van der Waals surface area contributed by atoms with Crippen LogP contribution >= 0.6 is 0 Å². The number of aliphatic hydroxyl groups excluding tert-OH is 1. The van der Waals surface area contributed by atoms with Gasteiger partial charge in [-0.15, -0.1) is 0 Å². The fourth-order valence-corrected chi connectivity index (χ4v) is 7.00. The monoisotopic (exact) mass is 754 g/mol. The van der Waals surface area contributed by atoms with Crippen LogP contribution in [-0.2, 0) is 28.6 Å². The van der Waals surface area contributed by atoms with Gasteiger partial charge >= 0.3 is 17.9 Å². The Labute approximate surface area is 327 Å². The smallest absolute Gasteiger partial charge is 0.306 e. The van der Waals surface area contributed by atoms with Crippen molar-refractivity contribution in [3.63, 3.8) is 0 Å². The second kappa shape index (κ2) is 40.0. The fraction of sp³-hybridized carbons (Fsp3) is 0.933. The van der Waals surface area contributed by atoms with Crippen LogP contribution in [0, 0.1) is 0 Å². The minimum absolute atomic E-state index is 0.00263. The Kier molecular flexibility index (Phi) is 38.7. The van der Waals surface area contributed by atoms with E-state index in [2.05, 4.69) is 18.7 Å². The molecule has 0 radical (unpaired) electrons. The molecule has 0 aliphatic carbocycles. The molecule has 0 aromatic heterocycles. The molecule has 53 heavy (non-hydrogen) atoms. The third kappa shape index (κ3) is 38.4. The number of nitrogens with zero attached hydrogens (tertiary/aromatic N) is 1. The molecule has 0 aromatic carbocycles. The van der Waals surface area contributed by atoms with E-state index in [1.165, 1.54) is 84.0 Å². The van der Waals surface area contributed by atoms with E-state index >= 15 is 0 Å². The fourth-order valence-electron chi connectivity index (χ4n) is 7.00. The Morgan fingerprint density at radius 1 is 0.509 bits per heavy atom. The highest BCUT2D eigenvalue weighted by Crippen LogP contribution is 2.19. The molecule has 0 saturated carbocycles. The Morgan fingerprint density at radius 3 is 1.43 bits per heavy atom. The maximum atomic E-state index is 12.7. The van der Waals surface area contributed by atoms with Gasteiger partial charge in [0.05, 0.1) is 19.3 Å². The van der Waals surface area contributed by atoms with Crippen LogP contribution in [0.1, 0.15) is 227 Å². The van der Waals surface area contributed by atoms with E-state index in [9.17, 15) is 19.5 Å². The highest BCUT2D eigenvalue weighted by molar-refractivity contribution is 5.69. The van der Waals surface area contributed by atoms with Crippen LogP contribution in [0.4, 0.5) is 0 Å². The van der Waals surface area contributed by atoms with Gasteiger partial charge in [0.25, 0.3) is 0 Å². The average molecular weight is 754 g/mol. The number of ether oxygens (including phenoxy) is 3. The number of hydrogen-bond acceptors (Lipinski definition) is 8. The molecule has 8 heteroatoms. The van der Waals surface area contributed by atoms with E-state index in [-0.39, 0.29) is 36.7 Å². The molecule has 0 spiro atoms. The average Bonchev–Trinajstić information content (AvgIpc) is 3.12. The molecular weight excluding hydrogens is 666 g/mol. The van der Waals surface area contributed by atoms with Gasteiger partial charge in [-0.2, -0.15) is 0 Å². The van der Waals surface area contributed by atoms with Crippen molar-refractivity contribution in [1.82, 2.24) is 4.90 Å². The minimum Gasteiger partial charge on any atom is -0.466 e. The first-order valence-electron chi connectivity index (χ1n) is 22.7. The molecule has 0 aliphatic heterocycles. The summed E-state index contributed by atoms with van der Waals surface area (Å²) >= 11 is 0. The predicted octanol–water partition coefficient (Wildman–Crippen LogP) is 11.8. The van der Waals surface area contributed by atoms with E-state index < -0.39 is 0 Å². The second-order valence-corrected chi connectivity index (χ2v) is 15.7. The Hall–Kier alpha value is -1.67. The zero-order chi connectivity index (χ0) is 39.0. The van der Waals surface area contributed by atoms with Crippen LogP contribution in [0.3, 0.4) is 0 Å². The summed E-state index contributed by atoms with van der Waals surface area (Å²) in [7, 11) is 0. The van der Waals surface area contributed by atoms with Gasteiger partial charge < -0.3 is 24.2 Å². The number of carbonyl (C=O) groups excluding carboxylic acids is 3. The number of hydrogen-bond donors (Lipinski definition) is 1. The van der Waals surface area contributed by atoms with Crippen LogP contribution in [-0.4, -0.2) is 73.0 Å². The van der Waals surface area contributed by atoms with E-state index in [0.29, 0.717) is 26.0 Å². The van der Waals surface area contributed by atoms with Gasteiger partial charge in [0, 0.05) is 26.3 Å². The Morgan fingerprint density at radius 2 is 0.925 bits per heavy atom. The lowest BCUT2D eigenvalue weighted by molar-refractivity contribution is -0.150. The van der Waals surface area contributed by atoms with Gasteiger partial charge in [0.15, 0.2) is 0 Å². The molecule has 1 N–H and O–H groups in total. The van der Waals surface area contributed by atoms with Gasteiger partial charge in [-0.1, -0.05) is 129 Å². The lowest BCUT2D eigenvalue weighted by Gasteiger charge is -2.21. The van der Waals surface area contributed by atoms with Gasteiger partial charge in [-0.25, -0.2) is 0 Å². The largest absolute Gasteiger partial charge is 0.466 e. The van der Waals surface area contributed by atoms with Gasteiger partial charge in [0.2, 0.25) is 0 Å². The van der Waals surface area contributed by atoms with Crippen LogP contribution in [0.2, 0.25) is 0 Å². The highest BCUT2D eigenvalue weighted by atomic mass is 16.5. The first kappa shape index (κ1) is 51.3. The molecule has 0 saturated heterocycles. The summed E-state index contributed by atoms with van der Waals surface area (Å²) in [6.45, 7) is 11.2. The summed E-state index contributed by atoms with van der Waals surface area (Å²) in [5, 5.41) is 9.56. The van der Waals surface area contributed by atoms with E-state index in [1.54, 1.807) is 0 Å². The summed E-state index contributed by atoms with van der Waals surface area (Å²) in [6, 6.07) is 0. The molecule has 0 aromatic rings. The summed E-state index contributed by atoms with van der Waals surface area (Å²) in [6.07, 6.45) is 34.0. The molecule has 0 heterocycles. The molecule has 314 valence electrons. The summed E-state index contributed by atoms with van der Waals surface area (Å²) in [4.78, 5) is 38.1. The molecule has 1 unspecified atom stereocenters. The molecule has 0 aliphatic rings. The minimum atomic E-state index is -0.208. The maximum Gasteiger partial charge on any atom is 0.306 e. The van der Waals surface area contributed by atoms with E-state index in [0.717, 1.165) is 122 Å². The van der Waals surface area contributed by atoms with Crippen molar-refractivity contribution in [2.45, 2.75) is 239 Å². The third-order valence-corrected chi connectivity index (χ3v) is 10.3. The topological polar surface area (TPSA) is 102 Å². The maximum absolute atomic E-state index is 12.7. The summed E-state index contributed by atoms with van der Waals surface area (Å²) < 4.78 is 16.6. The molecule has 0 bridgehead atoms. The molecule has 0 rings (SSSR count). The molecular formula is C45H87NO7. The molecule has 8 nitrogen and oxygen atoms in total. The van der Waals surface area contributed by atoms with Gasteiger partial charge in [-0.3, -0.25) is 14.4 Å². The Balaban J connectivity index is 4.01. The normalized spacial score (nSPS) is 12.1. The lowest BCUT2D eigenvalue weighted by Crippen LogP contribution is -2.29. The van der Waals surface area contributed by atoms with Crippen molar-refractivity contribution < 1.29 is 33.7 Å². The van der Waals surface area contributed by atoms with Gasteiger partial charge in [0.1, 0.15) is 6.10 Å². The predicted molar refractivity (Wildman–Crippen MR) is 220 cm³/mol. The number of unbranched alkanes of at least 4 members (excludes halogenated alkanes) is 21. The van der Waals surface area contributed by atoms with Gasteiger partial charge in [-0.05, 0) is 90.6 Å². The molecule has 0 amide bonds. The Bertz CT molecular complexity index is 807. The zero-order valence-electron chi connectivity index (χ0n) is 35.5. The standard InChI is InChI=1S/C45H87NO7/c1-5-7-9-11-17-24-32-43(33-25-18-12-10-8-6-2)53-45(50)35-26-19-15-20-28-36-46(38-39-47)37-29-22-27-34-44(49)52-41(3)31-23-16-13-14-21-30-40-51-42(4)48/h41,43,47H,5-40H2,1-4H3. The van der Waals surface area contributed by atoms with Crippen LogP contribution < -0.4 is 0 Å². The van der Waals surface area contributed by atoms with E-state index in [1.807, 2.05) is 6.92 Å². The van der Waals surface area contributed by atoms with Crippen LogP contribution in [0.25, 0.3) is 0 Å². The molecule has 0 fully saturated rings. The van der Waals surface area contributed by atoms with Crippen molar-refractivity contribution >= 4 is 17.9 Å². The quantitative estimate of drug-likeness (QED) is 0.0374. The van der Waals surface area contributed by atoms with Crippen LogP contribution in [0.15, 0.2) is 0 Å². The number of esters is 3. The number of rotatable bonds is 41. The van der Waals surface area contributed by atoms with Crippen molar-refractivity contribution in [2.75, 3.05) is 32.8 Å². The van der Waals surface area contributed by atoms with Crippen molar-refractivity contribution in [2.24, 2.45) is 0 Å². The number of aliphatic hydroxyl groups is 1. The SMILES string of the molecule is CCCCCCCCC(CCCCCCCC)OC(=O)CCCCCCCN(CCO)CCCCCC(=O)OC(C)CCCCCCCCOC(C)=O. The zero-order valence-corrected chi connectivity index (χ0v) is 35.5. The van der Waals surface area contributed by atoms with Crippen molar-refractivity contribution in [1.29, 1.82) is 0 Å². The number of carbonyl (C=O) groups is 3. The van der Waals surface area contributed by atoms with Crippen molar-refractivity contribution in [3.8, 4) is 0 Å². The lowest BCUT2D eigenvalue weighted by atomic mass is 10.0. The first-order chi connectivity index (χ1) is 25.8. The summed E-state index contributed by atoms with van der Waals surface area (Å²) in [5.74, 6) is -0.304. The second-order valence-electron chi connectivity index (χ2n) is 15.7. The summed E-state index contributed by atoms with van der Waals surface area (Å²) in [5.41, 5.74) is 0. The third-order valence-electron chi connectivity index (χ3n) is 10.3. The highest BCUT2D eigenvalue weighted by Gasteiger charge is 2.15. The first-order valence-corrected chi connectivity index (χ1v) is 22.7.